The van der Waals surface area contributed by atoms with Gasteiger partial charge in [0.25, 0.3) is 5.56 Å². The van der Waals surface area contributed by atoms with E-state index in [2.05, 4.69) is 10.3 Å². The maximum atomic E-state index is 13.5. The van der Waals surface area contributed by atoms with Gasteiger partial charge in [-0.1, -0.05) is 32.4 Å². The highest BCUT2D eigenvalue weighted by atomic mass is 16.5. The summed E-state index contributed by atoms with van der Waals surface area (Å²) in [6, 6.07) is 10.9. The van der Waals surface area contributed by atoms with Gasteiger partial charge in [0.1, 0.15) is 17.1 Å². The molecule has 0 fully saturated rings. The van der Waals surface area contributed by atoms with Gasteiger partial charge in [0.05, 0.1) is 20.3 Å². The van der Waals surface area contributed by atoms with E-state index < -0.39 is 6.09 Å². The summed E-state index contributed by atoms with van der Waals surface area (Å²) < 4.78 is 17.3. The number of nitrogens with zero attached hydrogens (tertiary/aromatic N) is 2. The molecule has 0 aliphatic carbocycles. The lowest BCUT2D eigenvalue weighted by atomic mass is 10.00. The summed E-state index contributed by atoms with van der Waals surface area (Å²) in [4.78, 5) is 41.4. The molecule has 0 aliphatic heterocycles. The van der Waals surface area contributed by atoms with Gasteiger partial charge in [-0.2, -0.15) is 0 Å². The van der Waals surface area contributed by atoms with E-state index in [-0.39, 0.29) is 23.8 Å². The molecule has 0 bridgehead atoms. The molecule has 9 heteroatoms. The number of hydrogen-bond acceptors (Lipinski definition) is 7. The van der Waals surface area contributed by atoms with E-state index in [9.17, 15) is 14.4 Å². The molecule has 186 valence electrons. The fourth-order valence-electron chi connectivity index (χ4n) is 3.65. The van der Waals surface area contributed by atoms with Gasteiger partial charge in [-0.3, -0.25) is 19.5 Å². The third-order valence-electron chi connectivity index (χ3n) is 5.40. The molecule has 3 aromatic rings. The Labute approximate surface area is 204 Å². The summed E-state index contributed by atoms with van der Waals surface area (Å²) in [7, 11) is 1.25. The third kappa shape index (κ3) is 6.38. The largest absolute Gasteiger partial charge is 0.493 e. The van der Waals surface area contributed by atoms with E-state index in [4.69, 9.17) is 14.2 Å². The normalized spacial score (nSPS) is 10.7. The maximum absolute atomic E-state index is 13.5. The second-order valence-electron chi connectivity index (χ2n) is 7.86. The van der Waals surface area contributed by atoms with Crippen LogP contribution in [0.25, 0.3) is 22.2 Å². The Hall–Kier alpha value is -3.88. The fraction of sp³-hybridized carbons (Fsp3) is 0.385. The molecule has 35 heavy (non-hydrogen) atoms. The molecule has 0 radical (unpaired) electrons. The topological polar surface area (TPSA) is 109 Å². The molecule has 0 spiro atoms. The van der Waals surface area contributed by atoms with Crippen LogP contribution in [0.15, 0.2) is 47.4 Å². The number of amides is 1. The lowest BCUT2D eigenvalue weighted by Gasteiger charge is -2.18. The smallest absolute Gasteiger partial charge is 0.411 e. The summed E-state index contributed by atoms with van der Waals surface area (Å²) in [5, 5.41) is 3.34. The van der Waals surface area contributed by atoms with Crippen molar-refractivity contribution in [1.29, 1.82) is 0 Å². The van der Waals surface area contributed by atoms with Crippen molar-refractivity contribution < 1.29 is 23.8 Å². The molecule has 1 amide bonds. The molecule has 0 saturated heterocycles. The number of esters is 1. The van der Waals surface area contributed by atoms with E-state index in [0.717, 1.165) is 18.2 Å². The molecule has 1 N–H and O–H groups in total. The number of benzene rings is 1. The standard InChI is InChI=1S/C26H31N3O6/c1-4-6-14-29-24-20(12-8-13-27-24)22(23(25(29)31)28-26(32)33-3)18-10-7-11-19(17-18)34-15-9-16-35-21(30)5-2/h7-8,10-13,17H,4-6,9,14-16H2,1-3H3,(H,28,32). The van der Waals surface area contributed by atoms with Crippen molar-refractivity contribution in [2.75, 3.05) is 25.6 Å². The van der Waals surface area contributed by atoms with Gasteiger partial charge in [-0.05, 0) is 36.2 Å². The first-order chi connectivity index (χ1) is 17.0. The highest BCUT2D eigenvalue weighted by Gasteiger charge is 2.21. The Morgan fingerprint density at radius 2 is 1.91 bits per heavy atom. The van der Waals surface area contributed by atoms with E-state index in [1.807, 2.05) is 25.1 Å². The van der Waals surface area contributed by atoms with E-state index >= 15 is 0 Å². The minimum atomic E-state index is -0.734. The monoisotopic (exact) mass is 481 g/mol. The number of rotatable bonds is 11. The predicted molar refractivity (Wildman–Crippen MR) is 134 cm³/mol. The molecule has 2 aromatic heterocycles. The Balaban J connectivity index is 2.02. The van der Waals surface area contributed by atoms with Gasteiger partial charge in [0.2, 0.25) is 0 Å². The van der Waals surface area contributed by atoms with Crippen molar-refractivity contribution in [3.63, 3.8) is 0 Å². The molecule has 2 heterocycles. The van der Waals surface area contributed by atoms with Crippen LogP contribution < -0.4 is 15.6 Å². The molecule has 1 aromatic carbocycles. The van der Waals surface area contributed by atoms with Crippen molar-refractivity contribution in [3.05, 3.63) is 52.9 Å². The summed E-state index contributed by atoms with van der Waals surface area (Å²) in [6.07, 6.45) is 3.49. The Morgan fingerprint density at radius 3 is 2.66 bits per heavy atom. The molecule has 0 aliphatic rings. The van der Waals surface area contributed by atoms with Crippen molar-refractivity contribution in [2.24, 2.45) is 0 Å². The predicted octanol–water partition coefficient (Wildman–Crippen LogP) is 4.76. The van der Waals surface area contributed by atoms with Crippen LogP contribution in [0.4, 0.5) is 10.5 Å². The van der Waals surface area contributed by atoms with Crippen molar-refractivity contribution in [1.82, 2.24) is 9.55 Å². The number of aryl methyl sites for hydroxylation is 1. The van der Waals surface area contributed by atoms with Crippen molar-refractivity contribution in [2.45, 2.75) is 46.1 Å². The van der Waals surface area contributed by atoms with Gasteiger partial charge in [-0.15, -0.1) is 0 Å². The zero-order valence-corrected chi connectivity index (χ0v) is 20.3. The molecular formula is C26H31N3O6. The van der Waals surface area contributed by atoms with Crippen LogP contribution in [0.3, 0.4) is 0 Å². The van der Waals surface area contributed by atoms with Crippen LogP contribution in [0.5, 0.6) is 5.75 Å². The number of ether oxygens (including phenoxy) is 3. The zero-order chi connectivity index (χ0) is 25.2. The summed E-state index contributed by atoms with van der Waals surface area (Å²) >= 11 is 0. The van der Waals surface area contributed by atoms with Crippen molar-refractivity contribution in [3.8, 4) is 16.9 Å². The molecule has 0 atom stereocenters. The second kappa shape index (κ2) is 12.5. The second-order valence-corrected chi connectivity index (χ2v) is 7.86. The summed E-state index contributed by atoms with van der Waals surface area (Å²) in [5.74, 6) is 0.340. The van der Waals surface area contributed by atoms with Gasteiger partial charge in [-0.25, -0.2) is 9.78 Å². The number of aromatic nitrogens is 2. The van der Waals surface area contributed by atoms with E-state index in [1.165, 1.54) is 7.11 Å². The number of pyridine rings is 2. The molecule has 0 saturated carbocycles. The van der Waals surface area contributed by atoms with Crippen LogP contribution in [0, 0.1) is 0 Å². The molecule has 0 unspecified atom stereocenters. The fourth-order valence-corrected chi connectivity index (χ4v) is 3.65. The van der Waals surface area contributed by atoms with Gasteiger partial charge in [0, 0.05) is 36.5 Å². The minimum absolute atomic E-state index is 0.122. The molecule has 3 rings (SSSR count). The first-order valence-electron chi connectivity index (χ1n) is 11.8. The molecule has 9 nitrogen and oxygen atoms in total. The van der Waals surface area contributed by atoms with Crippen molar-refractivity contribution >= 4 is 28.8 Å². The van der Waals surface area contributed by atoms with E-state index in [0.29, 0.717) is 48.5 Å². The van der Waals surface area contributed by atoms with Crippen LogP contribution in [0.2, 0.25) is 0 Å². The third-order valence-corrected chi connectivity index (χ3v) is 5.40. The number of carbonyl (C=O) groups is 2. The number of fused-ring (bicyclic) bond motifs is 1. The number of carbonyl (C=O) groups excluding carboxylic acids is 2. The quantitative estimate of drug-likeness (QED) is 0.310. The number of methoxy groups -OCH3 is 1. The highest BCUT2D eigenvalue weighted by Crippen LogP contribution is 2.34. The number of unbranched alkanes of at least 4 members (excludes halogenated alkanes) is 1. The summed E-state index contributed by atoms with van der Waals surface area (Å²) in [5.41, 5.74) is 1.54. The van der Waals surface area contributed by atoms with Gasteiger partial charge >= 0.3 is 12.1 Å². The average molecular weight is 482 g/mol. The number of anilines is 1. The minimum Gasteiger partial charge on any atom is -0.493 e. The first-order valence-corrected chi connectivity index (χ1v) is 11.8. The van der Waals surface area contributed by atoms with Gasteiger partial charge in [0.15, 0.2) is 0 Å². The number of nitrogens with one attached hydrogen (secondary N) is 1. The molecular weight excluding hydrogens is 450 g/mol. The average Bonchev–Trinajstić information content (AvgIpc) is 2.88. The van der Waals surface area contributed by atoms with Crippen LogP contribution >= 0.6 is 0 Å². The Kier molecular flexibility index (Phi) is 9.23. The van der Waals surface area contributed by atoms with Gasteiger partial charge < -0.3 is 14.2 Å². The zero-order valence-electron chi connectivity index (χ0n) is 20.3. The number of hydrogen-bond donors (Lipinski definition) is 1. The Bertz CT molecular complexity index is 1240. The Morgan fingerprint density at radius 1 is 1.09 bits per heavy atom. The lowest BCUT2D eigenvalue weighted by Crippen LogP contribution is -2.28. The van der Waals surface area contributed by atoms with Crippen LogP contribution in [-0.2, 0) is 20.8 Å². The highest BCUT2D eigenvalue weighted by molar-refractivity contribution is 6.03. The SMILES string of the molecule is CCCCn1c(=O)c(NC(=O)OC)c(-c2cccc(OCCCOC(=O)CC)c2)c2cccnc21. The van der Waals surface area contributed by atoms with Crippen LogP contribution in [-0.4, -0.2) is 41.9 Å². The lowest BCUT2D eigenvalue weighted by molar-refractivity contribution is -0.143. The maximum Gasteiger partial charge on any atom is 0.411 e. The van der Waals surface area contributed by atoms with Crippen LogP contribution in [0.1, 0.15) is 39.5 Å². The van der Waals surface area contributed by atoms with E-state index in [1.54, 1.807) is 35.9 Å². The first kappa shape index (κ1) is 25.7. The summed E-state index contributed by atoms with van der Waals surface area (Å²) in [6.45, 7) is 4.90.